The van der Waals surface area contributed by atoms with Gasteiger partial charge in [0.2, 0.25) is 0 Å². The Morgan fingerprint density at radius 1 is 0.800 bits per heavy atom. The standard InChI is InChI=1S/C19H25N/c1-6-20-19(17-10-8-7-9-13(17)2)18-12-15(4)14(3)11-16(18)5/h7-12,19-20H,6H2,1-5H3. The second-order valence-electron chi connectivity index (χ2n) is 5.64. The van der Waals surface area contributed by atoms with E-state index in [1.54, 1.807) is 0 Å². The Labute approximate surface area is 123 Å². The van der Waals surface area contributed by atoms with Crippen molar-refractivity contribution in [2.45, 2.75) is 40.7 Å². The summed E-state index contributed by atoms with van der Waals surface area (Å²) >= 11 is 0. The number of aryl methyl sites for hydroxylation is 4. The highest BCUT2D eigenvalue weighted by atomic mass is 14.9. The number of rotatable bonds is 4. The molecule has 0 saturated heterocycles. The largest absolute Gasteiger partial charge is 0.307 e. The Hall–Kier alpha value is -1.60. The van der Waals surface area contributed by atoms with Gasteiger partial charge < -0.3 is 5.32 Å². The molecule has 0 aromatic heterocycles. The van der Waals surface area contributed by atoms with Gasteiger partial charge in [-0.2, -0.15) is 0 Å². The molecule has 2 aromatic carbocycles. The number of nitrogens with one attached hydrogen (secondary N) is 1. The van der Waals surface area contributed by atoms with Crippen molar-refractivity contribution in [1.29, 1.82) is 0 Å². The zero-order valence-electron chi connectivity index (χ0n) is 13.2. The minimum atomic E-state index is 0.278. The highest BCUT2D eigenvalue weighted by molar-refractivity contribution is 5.44. The predicted molar refractivity (Wildman–Crippen MR) is 87.4 cm³/mol. The van der Waals surface area contributed by atoms with E-state index >= 15 is 0 Å². The van der Waals surface area contributed by atoms with Gasteiger partial charge in [0.1, 0.15) is 0 Å². The highest BCUT2D eigenvalue weighted by Gasteiger charge is 2.17. The molecule has 0 fully saturated rings. The van der Waals surface area contributed by atoms with E-state index in [0.717, 1.165) is 6.54 Å². The summed E-state index contributed by atoms with van der Waals surface area (Å²) < 4.78 is 0. The zero-order valence-corrected chi connectivity index (χ0v) is 13.2. The van der Waals surface area contributed by atoms with Crippen LogP contribution in [0.15, 0.2) is 36.4 Å². The molecule has 1 N–H and O–H groups in total. The highest BCUT2D eigenvalue weighted by Crippen LogP contribution is 2.29. The maximum Gasteiger partial charge on any atom is 0.0581 e. The fraction of sp³-hybridized carbons (Fsp3) is 0.368. The van der Waals surface area contributed by atoms with Gasteiger partial charge in [0, 0.05) is 0 Å². The fourth-order valence-corrected chi connectivity index (χ4v) is 2.80. The summed E-state index contributed by atoms with van der Waals surface area (Å²) in [5, 5.41) is 3.64. The molecule has 0 amide bonds. The molecule has 0 spiro atoms. The lowest BCUT2D eigenvalue weighted by atomic mass is 9.90. The topological polar surface area (TPSA) is 12.0 Å². The van der Waals surface area contributed by atoms with Crippen LogP contribution in [0.4, 0.5) is 0 Å². The van der Waals surface area contributed by atoms with Crippen LogP contribution in [-0.4, -0.2) is 6.54 Å². The molecule has 0 radical (unpaired) electrons. The van der Waals surface area contributed by atoms with Gasteiger partial charge in [0.15, 0.2) is 0 Å². The first-order valence-electron chi connectivity index (χ1n) is 7.41. The first-order valence-corrected chi connectivity index (χ1v) is 7.41. The van der Waals surface area contributed by atoms with Gasteiger partial charge in [-0.1, -0.05) is 43.3 Å². The van der Waals surface area contributed by atoms with E-state index in [-0.39, 0.29) is 6.04 Å². The molecule has 106 valence electrons. The molecular weight excluding hydrogens is 242 g/mol. The average Bonchev–Trinajstić information content (AvgIpc) is 2.42. The third-order valence-electron chi connectivity index (χ3n) is 4.10. The normalized spacial score (nSPS) is 12.4. The molecular formula is C19H25N. The van der Waals surface area contributed by atoms with Crippen LogP contribution in [0.5, 0.6) is 0 Å². The molecule has 1 atom stereocenters. The lowest BCUT2D eigenvalue weighted by Crippen LogP contribution is -2.23. The van der Waals surface area contributed by atoms with Gasteiger partial charge in [0.05, 0.1) is 6.04 Å². The van der Waals surface area contributed by atoms with Crippen LogP contribution in [0, 0.1) is 27.7 Å². The Kier molecular flexibility index (Phi) is 4.61. The molecule has 1 unspecified atom stereocenters. The fourth-order valence-electron chi connectivity index (χ4n) is 2.80. The van der Waals surface area contributed by atoms with Crippen molar-refractivity contribution in [3.8, 4) is 0 Å². The summed E-state index contributed by atoms with van der Waals surface area (Å²) in [4.78, 5) is 0. The molecule has 0 bridgehead atoms. The van der Waals surface area contributed by atoms with Crippen molar-refractivity contribution in [2.24, 2.45) is 0 Å². The Morgan fingerprint density at radius 3 is 2.10 bits per heavy atom. The van der Waals surface area contributed by atoms with Crippen molar-refractivity contribution in [3.05, 3.63) is 69.8 Å². The summed E-state index contributed by atoms with van der Waals surface area (Å²) in [6.07, 6.45) is 0. The first kappa shape index (κ1) is 14.8. The smallest absolute Gasteiger partial charge is 0.0581 e. The van der Waals surface area contributed by atoms with Crippen LogP contribution in [0.1, 0.15) is 46.3 Å². The van der Waals surface area contributed by atoms with Gasteiger partial charge in [-0.05, 0) is 67.6 Å². The molecule has 0 saturated carbocycles. The van der Waals surface area contributed by atoms with Gasteiger partial charge in [-0.15, -0.1) is 0 Å². The SMILES string of the molecule is CCNC(c1ccccc1C)c1cc(C)c(C)cc1C. The maximum absolute atomic E-state index is 3.64. The van der Waals surface area contributed by atoms with E-state index in [2.05, 4.69) is 76.3 Å². The summed E-state index contributed by atoms with van der Waals surface area (Å²) in [6, 6.07) is 13.6. The molecule has 0 aliphatic rings. The summed E-state index contributed by atoms with van der Waals surface area (Å²) in [5.41, 5.74) is 8.21. The summed E-state index contributed by atoms with van der Waals surface area (Å²) in [7, 11) is 0. The summed E-state index contributed by atoms with van der Waals surface area (Å²) in [5.74, 6) is 0. The van der Waals surface area contributed by atoms with Crippen LogP contribution in [0.25, 0.3) is 0 Å². The maximum atomic E-state index is 3.64. The van der Waals surface area contributed by atoms with Gasteiger partial charge in [0.25, 0.3) is 0 Å². The van der Waals surface area contributed by atoms with Crippen LogP contribution in [-0.2, 0) is 0 Å². The van der Waals surface area contributed by atoms with Crippen LogP contribution >= 0.6 is 0 Å². The van der Waals surface area contributed by atoms with Crippen molar-refractivity contribution >= 4 is 0 Å². The van der Waals surface area contributed by atoms with Crippen molar-refractivity contribution < 1.29 is 0 Å². The Balaban J connectivity index is 2.54. The second-order valence-corrected chi connectivity index (χ2v) is 5.64. The van der Waals surface area contributed by atoms with E-state index in [1.807, 2.05) is 0 Å². The average molecular weight is 267 g/mol. The van der Waals surface area contributed by atoms with Gasteiger partial charge in [-0.25, -0.2) is 0 Å². The van der Waals surface area contributed by atoms with E-state index in [1.165, 1.54) is 33.4 Å². The van der Waals surface area contributed by atoms with Crippen LogP contribution < -0.4 is 5.32 Å². The monoisotopic (exact) mass is 267 g/mol. The van der Waals surface area contributed by atoms with E-state index < -0.39 is 0 Å². The predicted octanol–water partition coefficient (Wildman–Crippen LogP) is 4.62. The van der Waals surface area contributed by atoms with E-state index in [0.29, 0.717) is 0 Å². The quantitative estimate of drug-likeness (QED) is 0.852. The molecule has 2 rings (SSSR count). The molecule has 0 heterocycles. The molecule has 1 nitrogen and oxygen atoms in total. The third kappa shape index (κ3) is 2.94. The number of hydrogen-bond acceptors (Lipinski definition) is 1. The van der Waals surface area contributed by atoms with Crippen molar-refractivity contribution in [2.75, 3.05) is 6.54 Å². The lowest BCUT2D eigenvalue weighted by molar-refractivity contribution is 0.624. The van der Waals surface area contributed by atoms with E-state index in [4.69, 9.17) is 0 Å². The summed E-state index contributed by atoms with van der Waals surface area (Å²) in [6.45, 7) is 11.9. The third-order valence-corrected chi connectivity index (χ3v) is 4.10. The second kappa shape index (κ2) is 6.23. The lowest BCUT2D eigenvalue weighted by Gasteiger charge is -2.23. The minimum absolute atomic E-state index is 0.278. The molecule has 2 aromatic rings. The first-order chi connectivity index (χ1) is 9.54. The minimum Gasteiger partial charge on any atom is -0.307 e. The van der Waals surface area contributed by atoms with Crippen LogP contribution in [0.3, 0.4) is 0 Å². The molecule has 0 aliphatic heterocycles. The van der Waals surface area contributed by atoms with Gasteiger partial charge >= 0.3 is 0 Å². The van der Waals surface area contributed by atoms with Gasteiger partial charge in [-0.3, -0.25) is 0 Å². The molecule has 1 heteroatoms. The Bertz CT molecular complexity index is 599. The van der Waals surface area contributed by atoms with E-state index in [9.17, 15) is 0 Å². The zero-order chi connectivity index (χ0) is 14.7. The van der Waals surface area contributed by atoms with Crippen LogP contribution in [0.2, 0.25) is 0 Å². The van der Waals surface area contributed by atoms with Crippen molar-refractivity contribution in [3.63, 3.8) is 0 Å². The number of benzene rings is 2. The number of hydrogen-bond donors (Lipinski definition) is 1. The van der Waals surface area contributed by atoms with Crippen molar-refractivity contribution in [1.82, 2.24) is 5.32 Å². The molecule has 0 aliphatic carbocycles. The molecule has 20 heavy (non-hydrogen) atoms. The Morgan fingerprint density at radius 2 is 1.45 bits per heavy atom.